The number of allylic oxidation sites excluding steroid dienone is 1. The van der Waals surface area contributed by atoms with Crippen LogP contribution in [0.15, 0.2) is 78.8 Å². The number of nitrogens with zero attached hydrogens (tertiary/aromatic N) is 1. The summed E-state index contributed by atoms with van der Waals surface area (Å²) in [5.41, 5.74) is 1.83. The SMILES string of the molecule is O=C(COc1ccc2c(c1)O/C(=C\c1cccnc1)C2=O)c1ccccc1. The molecular formula is C22H15NO4. The number of aromatic nitrogens is 1. The lowest BCUT2D eigenvalue weighted by atomic mass is 10.1. The van der Waals surface area contributed by atoms with Crippen molar-refractivity contribution in [2.75, 3.05) is 6.61 Å². The van der Waals surface area contributed by atoms with E-state index in [1.807, 2.05) is 12.1 Å². The Balaban J connectivity index is 1.48. The molecule has 1 aromatic heterocycles. The molecule has 5 nitrogen and oxygen atoms in total. The first-order chi connectivity index (χ1) is 13.2. The maximum Gasteiger partial charge on any atom is 0.231 e. The van der Waals surface area contributed by atoms with Crippen LogP contribution in [0.2, 0.25) is 0 Å². The number of fused-ring (bicyclic) bond motifs is 1. The van der Waals surface area contributed by atoms with E-state index < -0.39 is 0 Å². The maximum atomic E-state index is 12.5. The van der Waals surface area contributed by atoms with Gasteiger partial charge >= 0.3 is 0 Å². The third kappa shape index (κ3) is 3.62. The van der Waals surface area contributed by atoms with Gasteiger partial charge in [0.15, 0.2) is 18.1 Å². The summed E-state index contributed by atoms with van der Waals surface area (Å²) in [5.74, 6) is 0.801. The van der Waals surface area contributed by atoms with Gasteiger partial charge in [-0.3, -0.25) is 14.6 Å². The van der Waals surface area contributed by atoms with Crippen LogP contribution in [0.1, 0.15) is 26.3 Å². The predicted molar refractivity (Wildman–Crippen MR) is 99.9 cm³/mol. The van der Waals surface area contributed by atoms with Gasteiger partial charge in [0.25, 0.3) is 0 Å². The second kappa shape index (κ2) is 7.25. The summed E-state index contributed by atoms with van der Waals surface area (Å²) in [6, 6.07) is 17.5. The van der Waals surface area contributed by atoms with Crippen molar-refractivity contribution in [2.24, 2.45) is 0 Å². The standard InChI is InChI=1S/C22H15NO4/c24-19(16-6-2-1-3-7-16)14-26-17-8-9-18-20(12-17)27-21(22(18)25)11-15-5-4-10-23-13-15/h1-13H,14H2/b21-11-. The molecule has 0 unspecified atom stereocenters. The number of carbonyl (C=O) groups is 2. The lowest BCUT2D eigenvalue weighted by molar-refractivity contribution is 0.0921. The van der Waals surface area contributed by atoms with Gasteiger partial charge < -0.3 is 9.47 Å². The van der Waals surface area contributed by atoms with Crippen LogP contribution < -0.4 is 9.47 Å². The Morgan fingerprint density at radius 3 is 2.70 bits per heavy atom. The molecule has 0 N–H and O–H groups in total. The number of carbonyl (C=O) groups excluding carboxylic acids is 2. The van der Waals surface area contributed by atoms with E-state index >= 15 is 0 Å². The summed E-state index contributed by atoms with van der Waals surface area (Å²) in [5, 5.41) is 0. The fourth-order valence-corrected chi connectivity index (χ4v) is 2.73. The van der Waals surface area contributed by atoms with E-state index in [-0.39, 0.29) is 23.9 Å². The molecule has 0 saturated heterocycles. The van der Waals surface area contributed by atoms with Crippen LogP contribution in [-0.4, -0.2) is 23.2 Å². The topological polar surface area (TPSA) is 65.5 Å². The molecule has 2 aromatic carbocycles. The molecule has 0 atom stereocenters. The van der Waals surface area contributed by atoms with Crippen molar-refractivity contribution in [3.8, 4) is 11.5 Å². The van der Waals surface area contributed by atoms with Gasteiger partial charge in [0.2, 0.25) is 5.78 Å². The van der Waals surface area contributed by atoms with Crippen LogP contribution >= 0.6 is 0 Å². The molecule has 4 rings (SSSR count). The third-order valence-electron chi connectivity index (χ3n) is 4.09. The Hall–Kier alpha value is -3.73. The smallest absolute Gasteiger partial charge is 0.231 e. The Kier molecular flexibility index (Phi) is 4.49. The van der Waals surface area contributed by atoms with E-state index in [0.717, 1.165) is 5.56 Å². The minimum Gasteiger partial charge on any atom is -0.485 e. The number of hydrogen-bond donors (Lipinski definition) is 0. The second-order valence-corrected chi connectivity index (χ2v) is 5.96. The van der Waals surface area contributed by atoms with Crippen LogP contribution in [0.3, 0.4) is 0 Å². The highest BCUT2D eigenvalue weighted by Gasteiger charge is 2.27. The zero-order valence-corrected chi connectivity index (χ0v) is 14.3. The number of ether oxygens (including phenoxy) is 2. The van der Waals surface area contributed by atoms with Gasteiger partial charge in [0, 0.05) is 24.0 Å². The van der Waals surface area contributed by atoms with Gasteiger partial charge in [-0.05, 0) is 29.8 Å². The van der Waals surface area contributed by atoms with Gasteiger partial charge in [-0.15, -0.1) is 0 Å². The summed E-state index contributed by atoms with van der Waals surface area (Å²) >= 11 is 0. The minimum atomic E-state index is -0.194. The quantitative estimate of drug-likeness (QED) is 0.511. The van der Waals surface area contributed by atoms with Crippen molar-refractivity contribution in [1.82, 2.24) is 4.98 Å². The highest BCUT2D eigenvalue weighted by molar-refractivity contribution is 6.14. The first-order valence-electron chi connectivity index (χ1n) is 8.40. The molecule has 3 aromatic rings. The van der Waals surface area contributed by atoms with Crippen molar-refractivity contribution in [1.29, 1.82) is 0 Å². The highest BCUT2D eigenvalue weighted by Crippen LogP contribution is 2.34. The Bertz CT molecular complexity index is 1030. The molecule has 0 radical (unpaired) electrons. The van der Waals surface area contributed by atoms with Crippen molar-refractivity contribution < 1.29 is 19.1 Å². The number of hydrogen-bond acceptors (Lipinski definition) is 5. The van der Waals surface area contributed by atoms with E-state index in [1.54, 1.807) is 67.0 Å². The summed E-state index contributed by atoms with van der Waals surface area (Å²) in [6.07, 6.45) is 4.96. The summed E-state index contributed by atoms with van der Waals surface area (Å²) < 4.78 is 11.2. The molecule has 1 aliphatic heterocycles. The van der Waals surface area contributed by atoms with Crippen molar-refractivity contribution in [3.63, 3.8) is 0 Å². The van der Waals surface area contributed by atoms with E-state index in [1.165, 1.54) is 0 Å². The van der Waals surface area contributed by atoms with Gasteiger partial charge in [-0.1, -0.05) is 36.4 Å². The molecule has 0 fully saturated rings. The zero-order chi connectivity index (χ0) is 18.6. The molecule has 0 saturated carbocycles. The lowest BCUT2D eigenvalue weighted by Gasteiger charge is -2.06. The van der Waals surface area contributed by atoms with Crippen LogP contribution in [0.25, 0.3) is 6.08 Å². The van der Waals surface area contributed by atoms with Crippen LogP contribution in [0, 0.1) is 0 Å². The number of Topliss-reactive ketones (excluding diaryl/α,β-unsaturated/α-hetero) is 2. The molecule has 2 heterocycles. The maximum absolute atomic E-state index is 12.5. The average molecular weight is 357 g/mol. The number of benzene rings is 2. The normalized spacial score (nSPS) is 13.9. The number of pyridine rings is 1. The molecule has 0 amide bonds. The summed E-state index contributed by atoms with van der Waals surface area (Å²) in [4.78, 5) is 28.6. The van der Waals surface area contributed by atoms with Crippen molar-refractivity contribution >= 4 is 17.6 Å². The molecule has 1 aliphatic rings. The van der Waals surface area contributed by atoms with Crippen LogP contribution in [0.4, 0.5) is 0 Å². The van der Waals surface area contributed by atoms with E-state index in [2.05, 4.69) is 4.98 Å². The molecular weight excluding hydrogens is 342 g/mol. The third-order valence-corrected chi connectivity index (χ3v) is 4.09. The zero-order valence-electron chi connectivity index (χ0n) is 14.3. The highest BCUT2D eigenvalue weighted by atomic mass is 16.5. The van der Waals surface area contributed by atoms with Crippen LogP contribution in [-0.2, 0) is 0 Å². The molecule has 0 spiro atoms. The Morgan fingerprint density at radius 1 is 1.07 bits per heavy atom. The van der Waals surface area contributed by atoms with E-state index in [9.17, 15) is 9.59 Å². The number of rotatable bonds is 5. The second-order valence-electron chi connectivity index (χ2n) is 5.96. The van der Waals surface area contributed by atoms with Crippen molar-refractivity contribution in [2.45, 2.75) is 0 Å². The first-order valence-corrected chi connectivity index (χ1v) is 8.40. The fourth-order valence-electron chi connectivity index (χ4n) is 2.73. The monoisotopic (exact) mass is 357 g/mol. The van der Waals surface area contributed by atoms with Gasteiger partial charge in [-0.25, -0.2) is 0 Å². The summed E-state index contributed by atoms with van der Waals surface area (Å²) in [6.45, 7) is -0.0882. The van der Waals surface area contributed by atoms with Gasteiger partial charge in [0.05, 0.1) is 5.56 Å². The molecule has 0 aliphatic carbocycles. The predicted octanol–water partition coefficient (Wildman–Crippen LogP) is 3.96. The summed E-state index contributed by atoms with van der Waals surface area (Å²) in [7, 11) is 0. The largest absolute Gasteiger partial charge is 0.485 e. The fraction of sp³-hybridized carbons (Fsp3) is 0.0455. The Labute approximate surface area is 155 Å². The molecule has 132 valence electrons. The molecule has 5 heteroatoms. The van der Waals surface area contributed by atoms with Crippen LogP contribution in [0.5, 0.6) is 11.5 Å². The molecule has 27 heavy (non-hydrogen) atoms. The van der Waals surface area contributed by atoms with Crippen molar-refractivity contribution in [3.05, 3.63) is 95.5 Å². The minimum absolute atomic E-state index is 0.0882. The lowest BCUT2D eigenvalue weighted by Crippen LogP contribution is -2.11. The first kappa shape index (κ1) is 16.7. The van der Waals surface area contributed by atoms with E-state index in [0.29, 0.717) is 22.6 Å². The number of ketones is 2. The average Bonchev–Trinajstić information content (AvgIpc) is 3.02. The van der Waals surface area contributed by atoms with E-state index in [4.69, 9.17) is 9.47 Å². The molecule has 0 bridgehead atoms. The van der Waals surface area contributed by atoms with Gasteiger partial charge in [0.1, 0.15) is 11.5 Å². The Morgan fingerprint density at radius 2 is 1.93 bits per heavy atom. The van der Waals surface area contributed by atoms with Gasteiger partial charge in [-0.2, -0.15) is 0 Å².